The van der Waals surface area contributed by atoms with Crippen LogP contribution in [0.5, 0.6) is 0 Å². The average molecular weight is 380 g/mol. The van der Waals surface area contributed by atoms with Crippen molar-refractivity contribution in [3.8, 4) is 0 Å². The van der Waals surface area contributed by atoms with E-state index in [4.69, 9.17) is 5.11 Å². The number of rotatable bonds is 3. The molecular formula is C17H18BrNO2S. The van der Waals surface area contributed by atoms with Gasteiger partial charge in [-0.2, -0.15) is 0 Å². The molecule has 0 radical (unpaired) electrons. The number of thiophene rings is 1. The highest BCUT2D eigenvalue weighted by atomic mass is 79.9. The maximum Gasteiger partial charge on any atom is 0.335 e. The van der Waals surface area contributed by atoms with E-state index in [2.05, 4.69) is 34.2 Å². The first-order valence-electron chi connectivity index (χ1n) is 7.37. The van der Waals surface area contributed by atoms with Crippen LogP contribution in [0.2, 0.25) is 0 Å². The van der Waals surface area contributed by atoms with Gasteiger partial charge in [0.05, 0.1) is 9.35 Å². The van der Waals surface area contributed by atoms with Crippen LogP contribution in [0.1, 0.15) is 51.2 Å². The summed E-state index contributed by atoms with van der Waals surface area (Å²) < 4.78 is 1.20. The highest BCUT2D eigenvalue weighted by molar-refractivity contribution is 9.11. The van der Waals surface area contributed by atoms with Gasteiger partial charge in [0, 0.05) is 10.9 Å². The summed E-state index contributed by atoms with van der Waals surface area (Å²) in [6.07, 6.45) is 2.20. The second-order valence-corrected chi connectivity index (χ2v) is 8.35. The van der Waals surface area contributed by atoms with Gasteiger partial charge in [0.15, 0.2) is 0 Å². The molecule has 3 nitrogen and oxygen atoms in total. The van der Waals surface area contributed by atoms with Gasteiger partial charge in [-0.05, 0) is 77.5 Å². The molecule has 1 saturated heterocycles. The third kappa shape index (κ3) is 3.26. The molecule has 0 spiro atoms. The highest BCUT2D eigenvalue weighted by Crippen LogP contribution is 2.39. The fraction of sp³-hybridized carbons (Fsp3) is 0.353. The number of carbonyl (C=O) groups is 1. The molecule has 2 atom stereocenters. The average Bonchev–Trinajstić information content (AvgIpc) is 2.86. The van der Waals surface area contributed by atoms with E-state index >= 15 is 0 Å². The summed E-state index contributed by atoms with van der Waals surface area (Å²) >= 11 is 5.37. The van der Waals surface area contributed by atoms with Crippen LogP contribution < -0.4 is 5.32 Å². The van der Waals surface area contributed by atoms with Crippen molar-refractivity contribution < 1.29 is 9.90 Å². The van der Waals surface area contributed by atoms with Crippen molar-refractivity contribution in [1.29, 1.82) is 0 Å². The lowest BCUT2D eigenvalue weighted by Crippen LogP contribution is -2.31. The second-order valence-electron chi connectivity index (χ2n) is 5.72. The fourth-order valence-corrected chi connectivity index (χ4v) is 4.97. The van der Waals surface area contributed by atoms with Gasteiger partial charge in [-0.1, -0.05) is 12.1 Å². The van der Waals surface area contributed by atoms with Gasteiger partial charge in [0.2, 0.25) is 0 Å². The lowest BCUT2D eigenvalue weighted by molar-refractivity contribution is 0.0697. The summed E-state index contributed by atoms with van der Waals surface area (Å²) in [5.74, 6) is -0.312. The van der Waals surface area contributed by atoms with Crippen molar-refractivity contribution in [2.75, 3.05) is 6.54 Å². The van der Waals surface area contributed by atoms with E-state index in [1.165, 1.54) is 19.8 Å². The molecule has 3 rings (SSSR count). The van der Waals surface area contributed by atoms with Crippen LogP contribution in [0, 0.1) is 6.92 Å². The SMILES string of the molecule is Cc1sc(Br)cc1C1CCN[C@H](c2ccc(C(=O)O)cc2)C1. The smallest absolute Gasteiger partial charge is 0.335 e. The minimum Gasteiger partial charge on any atom is -0.478 e. The monoisotopic (exact) mass is 379 g/mol. The van der Waals surface area contributed by atoms with Crippen LogP contribution in [0.3, 0.4) is 0 Å². The number of hydrogen-bond donors (Lipinski definition) is 2. The van der Waals surface area contributed by atoms with Crippen molar-refractivity contribution >= 4 is 33.2 Å². The van der Waals surface area contributed by atoms with E-state index in [1.807, 2.05) is 12.1 Å². The number of aryl methyl sites for hydroxylation is 1. The Kier molecular flexibility index (Phi) is 4.66. The largest absolute Gasteiger partial charge is 0.478 e. The first-order valence-corrected chi connectivity index (χ1v) is 8.98. The number of hydrogen-bond acceptors (Lipinski definition) is 3. The molecule has 0 bridgehead atoms. The Bertz CT molecular complexity index is 680. The van der Waals surface area contributed by atoms with Gasteiger partial charge in [-0.25, -0.2) is 4.79 Å². The predicted molar refractivity (Wildman–Crippen MR) is 92.9 cm³/mol. The number of benzene rings is 1. The fourth-order valence-electron chi connectivity index (χ4n) is 3.18. The van der Waals surface area contributed by atoms with Crippen LogP contribution in [-0.2, 0) is 0 Å². The van der Waals surface area contributed by atoms with Gasteiger partial charge in [0.1, 0.15) is 0 Å². The van der Waals surface area contributed by atoms with Crippen LogP contribution in [0.15, 0.2) is 34.1 Å². The molecule has 1 aromatic carbocycles. The molecule has 22 heavy (non-hydrogen) atoms. The number of nitrogens with one attached hydrogen (secondary N) is 1. The summed E-state index contributed by atoms with van der Waals surface area (Å²) in [6.45, 7) is 3.17. The minimum atomic E-state index is -0.875. The van der Waals surface area contributed by atoms with Gasteiger partial charge in [-0.15, -0.1) is 11.3 Å². The first kappa shape index (κ1) is 15.7. The Morgan fingerprint density at radius 2 is 2.09 bits per heavy atom. The van der Waals surface area contributed by atoms with E-state index in [0.29, 0.717) is 17.5 Å². The number of carboxylic acid groups (broad SMARTS) is 1. The number of aromatic carboxylic acids is 1. The molecule has 1 aromatic heterocycles. The molecule has 2 heterocycles. The van der Waals surface area contributed by atoms with Crippen molar-refractivity contribution in [1.82, 2.24) is 5.32 Å². The van der Waals surface area contributed by atoms with Gasteiger partial charge in [0.25, 0.3) is 0 Å². The molecular weight excluding hydrogens is 362 g/mol. The molecule has 5 heteroatoms. The highest BCUT2D eigenvalue weighted by Gasteiger charge is 2.26. The zero-order valence-electron chi connectivity index (χ0n) is 12.3. The Morgan fingerprint density at radius 1 is 1.36 bits per heavy atom. The van der Waals surface area contributed by atoms with Crippen molar-refractivity contribution in [3.63, 3.8) is 0 Å². The Morgan fingerprint density at radius 3 is 2.68 bits per heavy atom. The molecule has 1 unspecified atom stereocenters. The van der Waals surface area contributed by atoms with E-state index in [9.17, 15) is 4.79 Å². The molecule has 0 aliphatic carbocycles. The zero-order chi connectivity index (χ0) is 15.7. The van der Waals surface area contributed by atoms with Crippen LogP contribution >= 0.6 is 27.3 Å². The molecule has 1 fully saturated rings. The maximum absolute atomic E-state index is 10.9. The van der Waals surface area contributed by atoms with Gasteiger partial charge < -0.3 is 10.4 Å². The quantitative estimate of drug-likeness (QED) is 0.810. The number of halogens is 1. The van der Waals surface area contributed by atoms with Crippen LogP contribution in [0.4, 0.5) is 0 Å². The zero-order valence-corrected chi connectivity index (χ0v) is 14.7. The number of piperidine rings is 1. The molecule has 0 amide bonds. The Labute approximate surface area is 142 Å². The van der Waals surface area contributed by atoms with E-state index in [-0.39, 0.29) is 0 Å². The Hall–Kier alpha value is -1.17. The molecule has 116 valence electrons. The van der Waals surface area contributed by atoms with Crippen molar-refractivity contribution in [2.24, 2.45) is 0 Å². The normalized spacial score (nSPS) is 21.7. The van der Waals surface area contributed by atoms with E-state index in [0.717, 1.165) is 19.4 Å². The summed E-state index contributed by atoms with van der Waals surface area (Å²) in [5, 5.41) is 12.5. The molecule has 0 saturated carbocycles. The lowest BCUT2D eigenvalue weighted by atomic mass is 9.84. The van der Waals surface area contributed by atoms with Crippen molar-refractivity contribution in [3.05, 3.63) is 55.7 Å². The molecule has 1 aliphatic heterocycles. The first-order chi connectivity index (χ1) is 10.5. The standard InChI is InChI=1S/C17H18BrNO2S/c1-10-14(9-16(18)22-10)13-6-7-19-15(8-13)11-2-4-12(5-3-11)17(20)21/h2-5,9,13,15,19H,6-8H2,1H3,(H,20,21)/t13?,15-/m0/s1. The van der Waals surface area contributed by atoms with Crippen molar-refractivity contribution in [2.45, 2.75) is 31.7 Å². The number of carboxylic acids is 1. The predicted octanol–water partition coefficient (Wildman–Crippen LogP) is 4.73. The molecule has 1 aliphatic rings. The Balaban J connectivity index is 1.78. The van der Waals surface area contributed by atoms with Gasteiger partial charge >= 0.3 is 5.97 Å². The lowest BCUT2D eigenvalue weighted by Gasteiger charge is -2.31. The third-order valence-corrected chi connectivity index (χ3v) is 5.90. The molecule has 2 N–H and O–H groups in total. The van der Waals surface area contributed by atoms with E-state index < -0.39 is 5.97 Å². The third-order valence-electron chi connectivity index (χ3n) is 4.33. The summed E-state index contributed by atoms with van der Waals surface area (Å²) in [6, 6.07) is 9.78. The second kappa shape index (κ2) is 6.52. The summed E-state index contributed by atoms with van der Waals surface area (Å²) in [7, 11) is 0. The van der Waals surface area contributed by atoms with Crippen LogP contribution in [0.25, 0.3) is 0 Å². The summed E-state index contributed by atoms with van der Waals surface area (Å²) in [4.78, 5) is 12.3. The summed E-state index contributed by atoms with van der Waals surface area (Å²) in [5.41, 5.74) is 2.96. The van der Waals surface area contributed by atoms with Gasteiger partial charge in [-0.3, -0.25) is 0 Å². The van der Waals surface area contributed by atoms with Crippen LogP contribution in [-0.4, -0.2) is 17.6 Å². The van der Waals surface area contributed by atoms with E-state index in [1.54, 1.807) is 23.5 Å². The molecule has 2 aromatic rings. The topological polar surface area (TPSA) is 49.3 Å². The maximum atomic E-state index is 10.9. The minimum absolute atomic E-state index is 0.291.